The van der Waals surface area contributed by atoms with Crippen molar-refractivity contribution >= 4 is 11.8 Å². The Bertz CT molecular complexity index is 529. The second kappa shape index (κ2) is 6.30. The van der Waals surface area contributed by atoms with Crippen molar-refractivity contribution in [2.75, 3.05) is 24.7 Å². The zero-order chi connectivity index (χ0) is 14.5. The third-order valence-electron chi connectivity index (χ3n) is 3.33. The first kappa shape index (κ1) is 14.2. The minimum atomic E-state index is -0.893. The maximum absolute atomic E-state index is 11.3. The number of ether oxygens (including phenoxy) is 1. The van der Waals surface area contributed by atoms with Crippen LogP contribution in [0.5, 0.6) is 0 Å². The van der Waals surface area contributed by atoms with Gasteiger partial charge < -0.3 is 14.7 Å². The van der Waals surface area contributed by atoms with Gasteiger partial charge >= 0.3 is 5.97 Å². The van der Waals surface area contributed by atoms with E-state index in [1.165, 1.54) is 6.20 Å². The molecule has 1 fully saturated rings. The van der Waals surface area contributed by atoms with Gasteiger partial charge in [0.2, 0.25) is 0 Å². The number of aliphatic carboxylic acids is 1. The van der Waals surface area contributed by atoms with Crippen LogP contribution in [0.4, 0.5) is 5.82 Å². The maximum atomic E-state index is 11.3. The minimum absolute atomic E-state index is 0.183. The standard InChI is InChI=1S/C13H16N4O3/c1-2-5-17(11-8-20-7-10(11)13(18)19)12-9(6-14)3-4-15-16-12/h3-4,10-11H,2,5,7-8H2,1H3,(H,18,19). The average molecular weight is 276 g/mol. The van der Waals surface area contributed by atoms with E-state index in [2.05, 4.69) is 16.3 Å². The molecule has 7 nitrogen and oxygen atoms in total. The molecule has 7 heteroatoms. The van der Waals surface area contributed by atoms with E-state index in [1.807, 2.05) is 11.8 Å². The maximum Gasteiger partial charge on any atom is 0.311 e. The lowest BCUT2D eigenvalue weighted by molar-refractivity contribution is -0.142. The van der Waals surface area contributed by atoms with E-state index >= 15 is 0 Å². The van der Waals surface area contributed by atoms with Crippen LogP contribution >= 0.6 is 0 Å². The normalized spacial score (nSPS) is 21.4. The molecule has 2 heterocycles. The van der Waals surface area contributed by atoms with Crippen molar-refractivity contribution in [2.24, 2.45) is 5.92 Å². The molecule has 0 spiro atoms. The van der Waals surface area contributed by atoms with Gasteiger partial charge in [-0.25, -0.2) is 0 Å². The van der Waals surface area contributed by atoms with Crippen LogP contribution in [0.1, 0.15) is 18.9 Å². The first-order valence-corrected chi connectivity index (χ1v) is 6.48. The van der Waals surface area contributed by atoms with Crippen LogP contribution in [-0.4, -0.2) is 47.1 Å². The van der Waals surface area contributed by atoms with Crippen LogP contribution in [0.3, 0.4) is 0 Å². The van der Waals surface area contributed by atoms with Gasteiger partial charge in [-0.3, -0.25) is 4.79 Å². The topological polar surface area (TPSA) is 99.3 Å². The van der Waals surface area contributed by atoms with Gasteiger partial charge in [-0.1, -0.05) is 6.92 Å². The number of nitriles is 1. The molecule has 2 unspecified atom stereocenters. The lowest BCUT2D eigenvalue weighted by atomic mass is 10.0. The molecule has 2 atom stereocenters. The second-order valence-corrected chi connectivity index (χ2v) is 4.62. The highest BCUT2D eigenvalue weighted by Gasteiger charge is 2.39. The number of carboxylic acids is 1. The smallest absolute Gasteiger partial charge is 0.311 e. The molecular weight excluding hydrogens is 260 g/mol. The van der Waals surface area contributed by atoms with Gasteiger partial charge in [0.15, 0.2) is 5.82 Å². The lowest BCUT2D eigenvalue weighted by Gasteiger charge is -2.31. The van der Waals surface area contributed by atoms with Crippen molar-refractivity contribution in [1.82, 2.24) is 10.2 Å². The number of hydrogen-bond donors (Lipinski definition) is 1. The van der Waals surface area contributed by atoms with E-state index < -0.39 is 11.9 Å². The first-order valence-electron chi connectivity index (χ1n) is 6.48. The molecular formula is C13H16N4O3. The third-order valence-corrected chi connectivity index (χ3v) is 3.33. The Hall–Kier alpha value is -2.20. The summed E-state index contributed by atoms with van der Waals surface area (Å²) in [6.45, 7) is 3.09. The van der Waals surface area contributed by atoms with E-state index in [9.17, 15) is 9.90 Å². The Morgan fingerprint density at radius 2 is 2.45 bits per heavy atom. The van der Waals surface area contributed by atoms with Gasteiger partial charge in [0.1, 0.15) is 12.0 Å². The summed E-state index contributed by atoms with van der Waals surface area (Å²) in [7, 11) is 0. The molecule has 0 radical (unpaired) electrons. The molecule has 1 aliphatic heterocycles. The van der Waals surface area contributed by atoms with Crippen LogP contribution in [0.25, 0.3) is 0 Å². The van der Waals surface area contributed by atoms with Crippen LogP contribution in [0.15, 0.2) is 12.3 Å². The fraction of sp³-hybridized carbons (Fsp3) is 0.538. The fourth-order valence-corrected chi connectivity index (χ4v) is 2.38. The number of carbonyl (C=O) groups is 1. The lowest BCUT2D eigenvalue weighted by Crippen LogP contribution is -2.44. The summed E-state index contributed by atoms with van der Waals surface area (Å²) in [6.07, 6.45) is 2.26. The molecule has 1 N–H and O–H groups in total. The van der Waals surface area contributed by atoms with Gasteiger partial charge in [0, 0.05) is 6.54 Å². The van der Waals surface area contributed by atoms with E-state index in [1.54, 1.807) is 6.07 Å². The van der Waals surface area contributed by atoms with E-state index in [4.69, 9.17) is 10.00 Å². The fourth-order valence-electron chi connectivity index (χ4n) is 2.38. The largest absolute Gasteiger partial charge is 0.481 e. The van der Waals surface area contributed by atoms with Crippen molar-refractivity contribution in [2.45, 2.75) is 19.4 Å². The van der Waals surface area contributed by atoms with E-state index in [0.29, 0.717) is 24.5 Å². The van der Waals surface area contributed by atoms with Crippen LogP contribution < -0.4 is 4.90 Å². The molecule has 0 saturated carbocycles. The summed E-state index contributed by atoms with van der Waals surface area (Å²) in [5.41, 5.74) is 0.393. The zero-order valence-corrected chi connectivity index (χ0v) is 11.2. The molecule has 2 rings (SSSR count). The molecule has 1 saturated heterocycles. The molecule has 1 aromatic heterocycles. The quantitative estimate of drug-likeness (QED) is 0.843. The summed E-state index contributed by atoms with van der Waals surface area (Å²) in [5.74, 6) is -1.08. The summed E-state index contributed by atoms with van der Waals surface area (Å²) >= 11 is 0. The van der Waals surface area contributed by atoms with Crippen molar-refractivity contribution < 1.29 is 14.6 Å². The molecule has 0 bridgehead atoms. The van der Waals surface area contributed by atoms with Gasteiger partial charge in [-0.05, 0) is 12.5 Å². The number of nitrogens with zero attached hydrogens (tertiary/aromatic N) is 4. The Morgan fingerprint density at radius 1 is 1.65 bits per heavy atom. The highest BCUT2D eigenvalue weighted by molar-refractivity contribution is 5.72. The Kier molecular flexibility index (Phi) is 4.48. The van der Waals surface area contributed by atoms with Crippen LogP contribution in [0.2, 0.25) is 0 Å². The van der Waals surface area contributed by atoms with Crippen molar-refractivity contribution in [3.05, 3.63) is 17.8 Å². The number of rotatable bonds is 5. The summed E-state index contributed by atoms with van der Waals surface area (Å²) in [4.78, 5) is 13.1. The van der Waals surface area contributed by atoms with Crippen molar-refractivity contribution in [3.63, 3.8) is 0 Å². The highest BCUT2D eigenvalue weighted by Crippen LogP contribution is 2.26. The van der Waals surface area contributed by atoms with Crippen molar-refractivity contribution in [1.29, 1.82) is 5.26 Å². The number of hydrogen-bond acceptors (Lipinski definition) is 6. The summed E-state index contributed by atoms with van der Waals surface area (Å²) < 4.78 is 5.30. The van der Waals surface area contributed by atoms with Crippen LogP contribution in [-0.2, 0) is 9.53 Å². The predicted octanol–water partition coefficient (Wildman–Crippen LogP) is 0.664. The minimum Gasteiger partial charge on any atom is -0.481 e. The van der Waals surface area contributed by atoms with Crippen molar-refractivity contribution in [3.8, 4) is 6.07 Å². The van der Waals surface area contributed by atoms with E-state index in [-0.39, 0.29) is 12.6 Å². The van der Waals surface area contributed by atoms with Gasteiger partial charge in [0.05, 0.1) is 31.0 Å². The number of anilines is 1. The Labute approximate surface area is 116 Å². The molecule has 0 amide bonds. The monoisotopic (exact) mass is 276 g/mol. The second-order valence-electron chi connectivity index (χ2n) is 4.62. The molecule has 20 heavy (non-hydrogen) atoms. The summed E-state index contributed by atoms with van der Waals surface area (Å²) in [5, 5.41) is 26.2. The first-order chi connectivity index (χ1) is 9.69. The molecule has 106 valence electrons. The zero-order valence-electron chi connectivity index (χ0n) is 11.2. The molecule has 1 aliphatic rings. The van der Waals surface area contributed by atoms with E-state index in [0.717, 1.165) is 6.42 Å². The molecule has 0 aromatic carbocycles. The summed E-state index contributed by atoms with van der Waals surface area (Å²) in [6, 6.07) is 3.33. The Morgan fingerprint density at radius 3 is 3.10 bits per heavy atom. The number of aromatic nitrogens is 2. The highest BCUT2D eigenvalue weighted by atomic mass is 16.5. The van der Waals surface area contributed by atoms with Gasteiger partial charge in [0.25, 0.3) is 0 Å². The SMILES string of the molecule is CCCN(c1nnccc1C#N)C1COCC1C(=O)O. The number of carboxylic acid groups (broad SMARTS) is 1. The van der Waals surface area contributed by atoms with Gasteiger partial charge in [-0.15, -0.1) is 5.10 Å². The van der Waals surface area contributed by atoms with Crippen LogP contribution in [0, 0.1) is 17.2 Å². The Balaban J connectivity index is 2.36. The molecule has 0 aliphatic carbocycles. The van der Waals surface area contributed by atoms with Gasteiger partial charge in [-0.2, -0.15) is 10.4 Å². The molecule has 1 aromatic rings. The predicted molar refractivity (Wildman–Crippen MR) is 70.1 cm³/mol. The third kappa shape index (κ3) is 2.70. The average Bonchev–Trinajstić information content (AvgIpc) is 2.94.